The molecule has 3 heteroatoms. The standard InChI is InChI=1S/C13H17NOS/c1-9-13(6-7-16-9)8-11(14)10-4-2-3-5-12(10)15-13/h2-5,9,11H,6-8,14H2,1H3. The molecule has 0 aliphatic carbocycles. The van der Waals surface area contributed by atoms with Crippen molar-refractivity contribution in [1.29, 1.82) is 0 Å². The maximum atomic E-state index is 6.27. The molecule has 2 aliphatic rings. The molecule has 0 bridgehead atoms. The van der Waals surface area contributed by atoms with E-state index in [9.17, 15) is 0 Å². The zero-order chi connectivity index (χ0) is 11.2. The predicted molar refractivity (Wildman–Crippen MR) is 67.9 cm³/mol. The molecule has 1 saturated heterocycles. The van der Waals surface area contributed by atoms with Crippen molar-refractivity contribution in [2.45, 2.75) is 36.7 Å². The number of fused-ring (bicyclic) bond motifs is 1. The lowest BCUT2D eigenvalue weighted by Gasteiger charge is -2.41. The molecule has 0 radical (unpaired) electrons. The van der Waals surface area contributed by atoms with Crippen LogP contribution in [0.4, 0.5) is 0 Å². The van der Waals surface area contributed by atoms with Crippen LogP contribution in [0.5, 0.6) is 5.75 Å². The van der Waals surface area contributed by atoms with E-state index in [1.807, 2.05) is 30.0 Å². The number of thioether (sulfide) groups is 1. The summed E-state index contributed by atoms with van der Waals surface area (Å²) in [6, 6.07) is 8.32. The Balaban J connectivity index is 2.00. The first kappa shape index (κ1) is 10.5. The Morgan fingerprint density at radius 3 is 3.00 bits per heavy atom. The van der Waals surface area contributed by atoms with Gasteiger partial charge < -0.3 is 10.5 Å². The average Bonchev–Trinajstić information content (AvgIpc) is 2.60. The van der Waals surface area contributed by atoms with Crippen LogP contribution in [-0.4, -0.2) is 16.6 Å². The summed E-state index contributed by atoms with van der Waals surface area (Å²) in [5, 5.41) is 0.548. The van der Waals surface area contributed by atoms with Crippen molar-refractivity contribution < 1.29 is 4.74 Å². The molecular formula is C13H17NOS. The van der Waals surface area contributed by atoms with Crippen molar-refractivity contribution >= 4 is 11.8 Å². The van der Waals surface area contributed by atoms with Crippen molar-refractivity contribution in [2.75, 3.05) is 5.75 Å². The van der Waals surface area contributed by atoms with Crippen molar-refractivity contribution in [1.82, 2.24) is 0 Å². The van der Waals surface area contributed by atoms with E-state index in [0.29, 0.717) is 5.25 Å². The van der Waals surface area contributed by atoms with Crippen molar-refractivity contribution in [3.8, 4) is 5.75 Å². The van der Waals surface area contributed by atoms with Gasteiger partial charge in [0.2, 0.25) is 0 Å². The molecule has 2 nitrogen and oxygen atoms in total. The number of para-hydroxylation sites is 1. The number of ether oxygens (including phenoxy) is 1. The van der Waals surface area contributed by atoms with Crippen molar-refractivity contribution in [3.63, 3.8) is 0 Å². The zero-order valence-corrected chi connectivity index (χ0v) is 10.3. The van der Waals surface area contributed by atoms with Crippen molar-refractivity contribution in [3.05, 3.63) is 29.8 Å². The third-order valence-electron chi connectivity index (χ3n) is 3.83. The number of benzene rings is 1. The van der Waals surface area contributed by atoms with E-state index in [2.05, 4.69) is 13.0 Å². The Hall–Kier alpha value is -0.670. The second kappa shape index (κ2) is 3.67. The molecule has 1 spiro atoms. The summed E-state index contributed by atoms with van der Waals surface area (Å²) >= 11 is 2.00. The van der Waals surface area contributed by atoms with Gasteiger partial charge in [-0.2, -0.15) is 11.8 Å². The maximum absolute atomic E-state index is 6.27. The first-order valence-electron chi connectivity index (χ1n) is 5.86. The third kappa shape index (κ3) is 1.45. The summed E-state index contributed by atoms with van der Waals surface area (Å²) in [4.78, 5) is 0. The lowest BCUT2D eigenvalue weighted by Crippen LogP contribution is -2.46. The summed E-state index contributed by atoms with van der Waals surface area (Å²) in [6.45, 7) is 2.26. The van der Waals surface area contributed by atoms with Gasteiger partial charge in [-0.05, 0) is 25.2 Å². The minimum Gasteiger partial charge on any atom is -0.486 e. The second-order valence-electron chi connectivity index (χ2n) is 4.78. The van der Waals surface area contributed by atoms with Gasteiger partial charge in [0.15, 0.2) is 0 Å². The van der Waals surface area contributed by atoms with E-state index in [0.717, 1.165) is 24.2 Å². The summed E-state index contributed by atoms with van der Waals surface area (Å²) in [5.41, 5.74) is 7.42. The number of hydrogen-bond donors (Lipinski definition) is 1. The molecule has 2 aliphatic heterocycles. The molecule has 16 heavy (non-hydrogen) atoms. The van der Waals surface area contributed by atoms with Gasteiger partial charge in [-0.25, -0.2) is 0 Å². The van der Waals surface area contributed by atoms with E-state index in [-0.39, 0.29) is 11.6 Å². The van der Waals surface area contributed by atoms with Gasteiger partial charge in [-0.15, -0.1) is 0 Å². The second-order valence-corrected chi connectivity index (χ2v) is 6.23. The molecule has 1 aromatic rings. The highest BCUT2D eigenvalue weighted by atomic mass is 32.2. The molecule has 86 valence electrons. The van der Waals surface area contributed by atoms with Crippen LogP contribution in [0, 0.1) is 0 Å². The third-order valence-corrected chi connectivity index (χ3v) is 5.20. The fraction of sp³-hybridized carbons (Fsp3) is 0.538. The molecule has 3 rings (SSSR count). The Kier molecular flexibility index (Phi) is 2.41. The molecule has 0 aromatic heterocycles. The maximum Gasteiger partial charge on any atom is 0.124 e. The Morgan fingerprint density at radius 2 is 2.25 bits per heavy atom. The van der Waals surface area contributed by atoms with E-state index in [1.165, 1.54) is 5.75 Å². The Bertz CT molecular complexity index is 409. The van der Waals surface area contributed by atoms with Gasteiger partial charge in [-0.1, -0.05) is 18.2 Å². The van der Waals surface area contributed by atoms with Gasteiger partial charge in [0.1, 0.15) is 11.4 Å². The van der Waals surface area contributed by atoms with Crippen LogP contribution in [0.2, 0.25) is 0 Å². The first-order chi connectivity index (χ1) is 7.71. The predicted octanol–water partition coefficient (Wildman–Crippen LogP) is 2.73. The molecule has 0 saturated carbocycles. The first-order valence-corrected chi connectivity index (χ1v) is 6.91. The van der Waals surface area contributed by atoms with Crippen LogP contribution in [0.3, 0.4) is 0 Å². The fourth-order valence-corrected chi connectivity index (χ4v) is 4.17. The summed E-state index contributed by atoms with van der Waals surface area (Å²) in [7, 11) is 0. The minimum atomic E-state index is -0.0154. The molecule has 2 heterocycles. The van der Waals surface area contributed by atoms with E-state index in [4.69, 9.17) is 10.5 Å². The molecule has 0 amide bonds. The van der Waals surface area contributed by atoms with Gasteiger partial charge >= 0.3 is 0 Å². The lowest BCUT2D eigenvalue weighted by atomic mass is 9.84. The summed E-state index contributed by atoms with van der Waals surface area (Å²) < 4.78 is 6.26. The number of rotatable bonds is 0. The normalized spacial score (nSPS) is 37.1. The molecule has 3 unspecified atom stereocenters. The summed E-state index contributed by atoms with van der Waals surface area (Å²) in [5.74, 6) is 2.19. The van der Waals surface area contributed by atoms with Crippen molar-refractivity contribution in [2.24, 2.45) is 5.73 Å². The fourth-order valence-electron chi connectivity index (χ4n) is 2.79. The average molecular weight is 235 g/mol. The molecule has 1 fully saturated rings. The summed E-state index contributed by atoms with van der Waals surface area (Å²) in [6.07, 6.45) is 2.08. The molecule has 1 aromatic carbocycles. The Morgan fingerprint density at radius 1 is 1.44 bits per heavy atom. The minimum absolute atomic E-state index is 0.0154. The van der Waals surface area contributed by atoms with E-state index in [1.54, 1.807) is 0 Å². The number of nitrogens with two attached hydrogens (primary N) is 1. The molecule has 2 N–H and O–H groups in total. The van der Waals surface area contributed by atoms with Crippen LogP contribution >= 0.6 is 11.8 Å². The molecule has 3 atom stereocenters. The lowest BCUT2D eigenvalue weighted by molar-refractivity contribution is 0.0411. The van der Waals surface area contributed by atoms with Crippen LogP contribution < -0.4 is 10.5 Å². The molecular weight excluding hydrogens is 218 g/mol. The van der Waals surface area contributed by atoms with Crippen LogP contribution in [-0.2, 0) is 0 Å². The van der Waals surface area contributed by atoms with Gasteiger partial charge in [0.25, 0.3) is 0 Å². The van der Waals surface area contributed by atoms with E-state index >= 15 is 0 Å². The highest BCUT2D eigenvalue weighted by molar-refractivity contribution is 8.00. The van der Waals surface area contributed by atoms with Crippen LogP contribution in [0.1, 0.15) is 31.4 Å². The monoisotopic (exact) mass is 235 g/mol. The zero-order valence-electron chi connectivity index (χ0n) is 9.48. The van der Waals surface area contributed by atoms with Crippen LogP contribution in [0.25, 0.3) is 0 Å². The Labute approximate surface area is 101 Å². The quantitative estimate of drug-likeness (QED) is 0.751. The largest absolute Gasteiger partial charge is 0.486 e. The smallest absolute Gasteiger partial charge is 0.124 e. The van der Waals surface area contributed by atoms with E-state index < -0.39 is 0 Å². The van der Waals surface area contributed by atoms with Gasteiger partial charge in [0, 0.05) is 23.3 Å². The SMILES string of the molecule is CC1SCCC12CC(N)c1ccccc1O2. The van der Waals surface area contributed by atoms with Gasteiger partial charge in [-0.3, -0.25) is 0 Å². The highest BCUT2D eigenvalue weighted by Gasteiger charge is 2.47. The van der Waals surface area contributed by atoms with Crippen LogP contribution in [0.15, 0.2) is 24.3 Å². The topological polar surface area (TPSA) is 35.2 Å². The number of hydrogen-bond acceptors (Lipinski definition) is 3. The van der Waals surface area contributed by atoms with Gasteiger partial charge in [0.05, 0.1) is 0 Å². The highest BCUT2D eigenvalue weighted by Crippen LogP contribution is 2.48.